The molecule has 0 aliphatic carbocycles. The van der Waals surface area contributed by atoms with Gasteiger partial charge in [-0.3, -0.25) is 19.1 Å². The van der Waals surface area contributed by atoms with Crippen LogP contribution in [0.4, 0.5) is 11.5 Å². The molecule has 12 heteroatoms. The first-order chi connectivity index (χ1) is 16.1. The lowest BCUT2D eigenvalue weighted by Gasteiger charge is -2.13. The van der Waals surface area contributed by atoms with Gasteiger partial charge in [0, 0.05) is 21.7 Å². The Morgan fingerprint density at radius 3 is 2.21 bits per heavy atom. The fraction of sp³-hybridized carbons (Fsp3) is 0.0455. The zero-order chi connectivity index (χ0) is 24.9. The Kier molecular flexibility index (Phi) is 8.16. The van der Waals surface area contributed by atoms with Crippen molar-refractivity contribution in [2.24, 2.45) is 0 Å². The number of benzene rings is 2. The van der Waals surface area contributed by atoms with Gasteiger partial charge in [0.2, 0.25) is 5.91 Å². The number of alkyl halides is 1. The van der Waals surface area contributed by atoms with Crippen LogP contribution in [0.2, 0.25) is 10.0 Å². The molecule has 0 spiro atoms. The van der Waals surface area contributed by atoms with Gasteiger partial charge in [-0.25, -0.2) is 9.19 Å². The summed E-state index contributed by atoms with van der Waals surface area (Å²) in [6.07, 6.45) is 1.38. The number of pyridine rings is 1. The third kappa shape index (κ3) is 6.48. The van der Waals surface area contributed by atoms with Crippen LogP contribution in [-0.2, 0) is 14.5 Å². The Morgan fingerprint density at radius 2 is 1.59 bits per heavy atom. The molecule has 0 aliphatic heterocycles. The van der Waals surface area contributed by atoms with Crippen molar-refractivity contribution >= 4 is 79.6 Å². The minimum atomic E-state index is -3.13. The number of carbonyl (C=O) groups is 3. The predicted octanol–water partition coefficient (Wildman–Crippen LogP) is 4.24. The summed E-state index contributed by atoms with van der Waals surface area (Å²) in [6, 6.07) is 13.1. The van der Waals surface area contributed by atoms with Gasteiger partial charge in [0.15, 0.2) is 0 Å². The van der Waals surface area contributed by atoms with Crippen LogP contribution < -0.4 is 15.4 Å². The van der Waals surface area contributed by atoms with E-state index in [2.05, 4.69) is 26.2 Å². The minimum Gasteiger partial charge on any atom is -0.321 e. The monoisotopic (exact) mass is 538 g/mol. The molecule has 0 fully saturated rings. The van der Waals surface area contributed by atoms with Gasteiger partial charge in [-0.1, -0.05) is 23.2 Å². The van der Waals surface area contributed by atoms with Crippen molar-refractivity contribution < 1.29 is 18.6 Å². The van der Waals surface area contributed by atoms with E-state index >= 15 is 0 Å². The van der Waals surface area contributed by atoms with E-state index in [1.54, 1.807) is 6.07 Å². The normalized spacial score (nSPS) is 12.3. The minimum absolute atomic E-state index is 0.110. The van der Waals surface area contributed by atoms with E-state index in [-0.39, 0.29) is 33.4 Å². The summed E-state index contributed by atoms with van der Waals surface area (Å²) in [5.41, 5.74) is 0.530. The van der Waals surface area contributed by atoms with Gasteiger partial charge in [-0.15, -0.1) is 11.6 Å². The molecule has 3 aromatic rings. The highest BCUT2D eigenvalue weighted by Crippen LogP contribution is 2.23. The Hall–Kier alpha value is -3.11. The Balaban J connectivity index is 1.79. The highest BCUT2D eigenvalue weighted by atomic mass is 35.5. The Bertz CT molecular complexity index is 1350. The Morgan fingerprint density at radius 1 is 0.912 bits per heavy atom. The first kappa shape index (κ1) is 25.5. The fourth-order valence-corrected chi connectivity index (χ4v) is 4.30. The molecule has 1 atom stereocenters. The van der Waals surface area contributed by atoms with Crippen LogP contribution in [0.15, 0.2) is 65.7 Å². The number of amides is 3. The molecular formula is C22H17Cl3N4O4S. The molecule has 0 radical (unpaired) electrons. The first-order valence-electron chi connectivity index (χ1n) is 9.47. The van der Waals surface area contributed by atoms with Gasteiger partial charge in [0.05, 0.1) is 26.0 Å². The van der Waals surface area contributed by atoms with Crippen molar-refractivity contribution in [2.45, 2.75) is 4.90 Å². The lowest BCUT2D eigenvalue weighted by Crippen LogP contribution is -2.31. The van der Waals surface area contributed by atoms with Gasteiger partial charge in [0.25, 0.3) is 11.8 Å². The second-order valence-corrected chi connectivity index (χ2v) is 9.98. The Labute approximate surface area is 210 Å². The van der Waals surface area contributed by atoms with E-state index in [9.17, 15) is 18.6 Å². The van der Waals surface area contributed by atoms with Crippen molar-refractivity contribution in [2.75, 3.05) is 16.5 Å². The molecule has 0 saturated heterocycles. The standard InChI is InChI=1S/C22H17Cl3N4O4S/c1-34(33,29-20(30)11-23)16-6-2-13(3-7-16)21(31)27-18-8-4-14(24)10-17(18)22(32)28-19-9-5-15(25)12-26-19/h2-10,12H,1,11H2,(H,27,31)(H,26,28,32)(H,29,30,33). The third-order valence-corrected chi connectivity index (χ3v) is 6.63. The van der Waals surface area contributed by atoms with E-state index in [0.29, 0.717) is 10.0 Å². The van der Waals surface area contributed by atoms with Crippen molar-refractivity contribution in [3.63, 3.8) is 0 Å². The maximum Gasteiger partial charge on any atom is 0.258 e. The molecule has 8 nitrogen and oxygen atoms in total. The molecule has 1 heterocycles. The molecule has 0 bridgehead atoms. The zero-order valence-corrected chi connectivity index (χ0v) is 20.4. The van der Waals surface area contributed by atoms with Crippen LogP contribution in [0.5, 0.6) is 0 Å². The van der Waals surface area contributed by atoms with Crippen molar-refractivity contribution in [3.05, 3.63) is 82.0 Å². The van der Waals surface area contributed by atoms with E-state index in [0.717, 1.165) is 0 Å². The van der Waals surface area contributed by atoms with Crippen LogP contribution >= 0.6 is 34.8 Å². The van der Waals surface area contributed by atoms with Crippen molar-refractivity contribution in [1.82, 2.24) is 9.71 Å². The summed E-state index contributed by atoms with van der Waals surface area (Å²) < 4.78 is 14.8. The zero-order valence-electron chi connectivity index (χ0n) is 17.3. The second-order valence-electron chi connectivity index (χ2n) is 6.82. The topological polar surface area (TPSA) is 117 Å². The number of aromatic nitrogens is 1. The lowest BCUT2D eigenvalue weighted by atomic mass is 10.1. The summed E-state index contributed by atoms with van der Waals surface area (Å²) in [5.74, 6) is 1.70. The summed E-state index contributed by atoms with van der Waals surface area (Å²) in [4.78, 5) is 41.2. The average molecular weight is 540 g/mol. The number of halogens is 3. The number of anilines is 2. The van der Waals surface area contributed by atoms with Crippen LogP contribution in [-0.4, -0.2) is 38.7 Å². The van der Waals surface area contributed by atoms with Gasteiger partial charge in [-0.05, 0) is 60.5 Å². The van der Waals surface area contributed by atoms with Gasteiger partial charge >= 0.3 is 0 Å². The summed E-state index contributed by atoms with van der Waals surface area (Å²) >= 11 is 17.3. The van der Waals surface area contributed by atoms with Crippen molar-refractivity contribution in [1.29, 1.82) is 0 Å². The SMILES string of the molecule is C=S(=O)(NC(=O)CCl)c1ccc(C(=O)Nc2ccc(Cl)cc2C(=O)Nc2ccc(Cl)cn2)cc1. The largest absolute Gasteiger partial charge is 0.321 e. The molecule has 1 unspecified atom stereocenters. The molecule has 176 valence electrons. The molecule has 0 saturated carbocycles. The highest BCUT2D eigenvalue weighted by Gasteiger charge is 2.17. The van der Waals surface area contributed by atoms with Crippen LogP contribution in [0.25, 0.3) is 0 Å². The molecule has 1 aromatic heterocycles. The molecule has 3 amide bonds. The number of nitrogens with zero attached hydrogens (tertiary/aromatic N) is 1. The first-order valence-corrected chi connectivity index (χ1v) is 12.5. The smallest absolute Gasteiger partial charge is 0.258 e. The number of carbonyl (C=O) groups excluding carboxylic acids is 3. The lowest BCUT2D eigenvalue weighted by molar-refractivity contribution is -0.116. The van der Waals surface area contributed by atoms with Crippen LogP contribution in [0.3, 0.4) is 0 Å². The quantitative estimate of drug-likeness (QED) is 0.307. The molecule has 3 N–H and O–H groups in total. The predicted molar refractivity (Wildman–Crippen MR) is 135 cm³/mol. The van der Waals surface area contributed by atoms with Crippen molar-refractivity contribution in [3.8, 4) is 0 Å². The summed E-state index contributed by atoms with van der Waals surface area (Å²) in [5, 5.41) is 5.97. The van der Waals surface area contributed by atoms with E-state index in [4.69, 9.17) is 34.8 Å². The second kappa shape index (κ2) is 10.9. The van der Waals surface area contributed by atoms with E-state index in [1.807, 2.05) is 0 Å². The number of nitrogens with one attached hydrogen (secondary N) is 3. The molecular weight excluding hydrogens is 523 g/mol. The maximum atomic E-state index is 12.8. The highest BCUT2D eigenvalue weighted by molar-refractivity contribution is 7.99. The van der Waals surface area contributed by atoms with Gasteiger partial charge in [-0.2, -0.15) is 0 Å². The van der Waals surface area contributed by atoms with Crippen LogP contribution in [0.1, 0.15) is 20.7 Å². The molecule has 3 rings (SSSR count). The van der Waals surface area contributed by atoms with Crippen LogP contribution in [0, 0.1) is 0 Å². The third-order valence-electron chi connectivity index (χ3n) is 4.34. The number of hydrogen-bond acceptors (Lipinski definition) is 5. The summed E-state index contributed by atoms with van der Waals surface area (Å²) in [7, 11) is -3.13. The molecule has 2 aromatic carbocycles. The molecule has 0 aliphatic rings. The summed E-state index contributed by atoms with van der Waals surface area (Å²) in [6.45, 7) is 0. The molecule has 34 heavy (non-hydrogen) atoms. The van der Waals surface area contributed by atoms with Gasteiger partial charge < -0.3 is 10.6 Å². The van der Waals surface area contributed by atoms with Gasteiger partial charge in [0.1, 0.15) is 11.7 Å². The average Bonchev–Trinajstić information content (AvgIpc) is 2.81. The number of rotatable bonds is 7. The fourth-order valence-electron chi connectivity index (χ4n) is 2.74. The number of hydrogen-bond donors (Lipinski definition) is 3. The maximum absolute atomic E-state index is 12.8. The van der Waals surface area contributed by atoms with E-state index in [1.165, 1.54) is 54.7 Å². The van der Waals surface area contributed by atoms with E-state index < -0.39 is 27.4 Å².